The molecule has 12 aromatic rings. The van der Waals surface area contributed by atoms with Gasteiger partial charge in [-0.1, -0.05) is 88.3 Å². The minimum absolute atomic E-state index is 0.00917. The highest BCUT2D eigenvalue weighted by Gasteiger charge is 2.36. The van der Waals surface area contributed by atoms with E-state index in [1.54, 1.807) is 31.2 Å². The molecule has 0 spiro atoms. The fraction of sp³-hybridized carbons (Fsp3) is 0.253. The molecule has 2 fully saturated rings. The van der Waals surface area contributed by atoms with E-state index in [-0.39, 0.29) is 77.7 Å². The molecule has 4 heterocycles. The molecule has 93 heavy (non-hydrogen) atoms. The van der Waals surface area contributed by atoms with Gasteiger partial charge in [-0.3, -0.25) is 42.9 Å². The average molecular weight is 1250 g/mol. The van der Waals surface area contributed by atoms with E-state index in [0.717, 1.165) is 111 Å². The summed E-state index contributed by atoms with van der Waals surface area (Å²) in [6, 6.07) is 38.8. The van der Waals surface area contributed by atoms with E-state index >= 15 is 0 Å². The zero-order valence-corrected chi connectivity index (χ0v) is 51.5. The zero-order valence-electron chi connectivity index (χ0n) is 51.5. The predicted octanol–water partition coefficient (Wildman–Crippen LogP) is 14.1. The Morgan fingerprint density at radius 2 is 0.731 bits per heavy atom. The summed E-state index contributed by atoms with van der Waals surface area (Å²) in [5.41, 5.74) is -0.630. The standard InChI is InChI=1S/C75H61F3N4O11/c1-40-16-28-65(61(32-40)75(76,77)78)93-64-30-18-45(35-52(64)43-14-10-7-11-15-43)74(3,4)44-17-29-63(51(34-44)42-12-8-6-9-13-42)92-62-31-23-48(33-41(62)2)82-72(89)59-38-57-58(39-60(59)73(82)90)71(88)81(70(57)87)47-21-26-50(27-22-47)91-49-24-19-46(20-25-49)80-68(85)55-36-53-54(37-56(55)69(80)86)67(84)79(5)66(53)83/h16-39,42-43H,6-15H2,1-5H3. The third-order valence-corrected chi connectivity index (χ3v) is 19.3. The van der Waals surface area contributed by atoms with Gasteiger partial charge in [0.05, 0.1) is 65.7 Å². The third kappa shape index (κ3) is 10.3. The van der Waals surface area contributed by atoms with Crippen molar-refractivity contribution in [2.24, 2.45) is 7.05 Å². The molecule has 0 N–H and O–H groups in total. The molecule has 18 heteroatoms. The van der Waals surface area contributed by atoms with E-state index < -0.39 is 61.6 Å². The molecule has 0 bridgehead atoms. The molecule has 468 valence electrons. The van der Waals surface area contributed by atoms with Crippen LogP contribution in [0, 0.1) is 13.8 Å². The number of fused-ring (bicyclic) bond motifs is 4. The van der Waals surface area contributed by atoms with Gasteiger partial charge in [-0.05, 0) is 194 Å². The van der Waals surface area contributed by atoms with Crippen molar-refractivity contribution in [3.63, 3.8) is 0 Å². The average Bonchev–Trinajstić information content (AvgIpc) is 1.60. The summed E-state index contributed by atoms with van der Waals surface area (Å²) < 4.78 is 66.0. The number of nitrogens with zero attached hydrogens (tertiary/aromatic N) is 4. The van der Waals surface area contributed by atoms with Crippen LogP contribution < -0.4 is 58.7 Å². The third-order valence-electron chi connectivity index (χ3n) is 19.3. The monoisotopic (exact) mass is 1250 g/mol. The molecule has 4 aromatic heterocycles. The maximum Gasteiger partial charge on any atom is 0.419 e. The van der Waals surface area contributed by atoms with Gasteiger partial charge in [0.25, 0.3) is 44.5 Å². The molecule has 2 aliphatic rings. The molecule has 15 nitrogen and oxygen atoms in total. The summed E-state index contributed by atoms with van der Waals surface area (Å²) in [4.78, 5) is 109. The first-order chi connectivity index (χ1) is 44.5. The zero-order chi connectivity index (χ0) is 65.1. The summed E-state index contributed by atoms with van der Waals surface area (Å²) in [6.45, 7) is 7.79. The minimum Gasteiger partial charge on any atom is -0.457 e. The Kier molecular flexibility index (Phi) is 14.7. The first-order valence-electron chi connectivity index (χ1n) is 31.2. The summed E-state index contributed by atoms with van der Waals surface area (Å²) in [5, 5.41) is -0.0221. The second kappa shape index (κ2) is 22.7. The van der Waals surface area contributed by atoms with Crippen LogP contribution in [0.2, 0.25) is 0 Å². The van der Waals surface area contributed by atoms with Crippen LogP contribution in [-0.4, -0.2) is 18.3 Å². The van der Waals surface area contributed by atoms with E-state index in [1.165, 1.54) is 85.9 Å². The molecule has 0 unspecified atom stereocenters. The van der Waals surface area contributed by atoms with E-state index in [4.69, 9.17) is 14.2 Å². The Hall–Kier alpha value is -10.5. The van der Waals surface area contributed by atoms with Crippen molar-refractivity contribution in [2.75, 3.05) is 0 Å². The van der Waals surface area contributed by atoms with Crippen molar-refractivity contribution in [3.8, 4) is 51.6 Å². The lowest BCUT2D eigenvalue weighted by molar-refractivity contribution is -0.138. The largest absolute Gasteiger partial charge is 0.457 e. The lowest BCUT2D eigenvalue weighted by Gasteiger charge is -2.32. The topological polar surface area (TPSA) is 184 Å². The SMILES string of the molecule is Cc1ccc(Oc2ccc(C(C)(C)c3ccc(Oc4ccc(-n5c(=O)c6cc7c(=O)n(-c8ccc(Oc9ccc(-n%10c(=O)c%11cc%12c(=O)n(C)c(=O)c%12cc%11c%10=O)cc9)cc8)c(=O)c7cc6c5=O)cc4C)c(C4CCCCC4)c3)cc2C2CCCCC2)c(C(F)(F)F)c1. The number of aryl methyl sites for hydroxylation is 2. The quantitative estimate of drug-likeness (QED) is 0.107. The normalized spacial score (nSPS) is 14.5. The number of ether oxygens (including phenoxy) is 3. The van der Waals surface area contributed by atoms with E-state index in [1.807, 2.05) is 25.1 Å². The van der Waals surface area contributed by atoms with Gasteiger partial charge in [-0.2, -0.15) is 13.2 Å². The molecular weight excluding hydrogens is 1190 g/mol. The highest BCUT2D eigenvalue weighted by atomic mass is 19.4. The number of hydrogen-bond donors (Lipinski definition) is 0. The van der Waals surface area contributed by atoms with Gasteiger partial charge in [0.2, 0.25) is 0 Å². The molecule has 2 saturated carbocycles. The van der Waals surface area contributed by atoms with Gasteiger partial charge >= 0.3 is 6.18 Å². The number of halogens is 3. The molecule has 0 atom stereocenters. The van der Waals surface area contributed by atoms with Gasteiger partial charge in [-0.25, -0.2) is 13.7 Å². The first kappa shape index (κ1) is 60.1. The summed E-state index contributed by atoms with van der Waals surface area (Å²) in [6.07, 6.45) is 5.64. The van der Waals surface area contributed by atoms with Crippen molar-refractivity contribution in [1.82, 2.24) is 18.3 Å². The van der Waals surface area contributed by atoms with Crippen LogP contribution in [0.25, 0.3) is 60.2 Å². The molecule has 0 aliphatic heterocycles. The summed E-state index contributed by atoms with van der Waals surface area (Å²) >= 11 is 0. The Morgan fingerprint density at radius 3 is 1.13 bits per heavy atom. The highest BCUT2D eigenvalue weighted by molar-refractivity contribution is 5.99. The van der Waals surface area contributed by atoms with Gasteiger partial charge in [0.1, 0.15) is 34.5 Å². The van der Waals surface area contributed by atoms with Crippen molar-refractivity contribution in [3.05, 3.63) is 267 Å². The van der Waals surface area contributed by atoms with Crippen molar-refractivity contribution < 1.29 is 27.4 Å². The molecule has 8 aromatic carbocycles. The lowest BCUT2D eigenvalue weighted by atomic mass is 9.74. The fourth-order valence-electron chi connectivity index (χ4n) is 14.0. The second-order valence-electron chi connectivity index (χ2n) is 25.4. The van der Waals surface area contributed by atoms with Crippen LogP contribution in [0.1, 0.15) is 129 Å². The second-order valence-corrected chi connectivity index (χ2v) is 25.4. The number of benzene rings is 8. The Morgan fingerprint density at radius 1 is 0.376 bits per heavy atom. The minimum atomic E-state index is -4.59. The maximum atomic E-state index is 14.3. The van der Waals surface area contributed by atoms with Crippen LogP contribution in [-0.2, 0) is 18.6 Å². The maximum absolute atomic E-state index is 14.3. The molecular formula is C75H61F3N4O11. The van der Waals surface area contributed by atoms with Gasteiger partial charge < -0.3 is 14.2 Å². The van der Waals surface area contributed by atoms with Crippen molar-refractivity contribution >= 4 is 43.1 Å². The Labute approximate surface area is 527 Å². The smallest absolute Gasteiger partial charge is 0.419 e. The lowest BCUT2D eigenvalue weighted by Crippen LogP contribution is -2.24. The van der Waals surface area contributed by atoms with Crippen LogP contribution in [0.15, 0.2) is 184 Å². The number of rotatable bonds is 13. The summed E-state index contributed by atoms with van der Waals surface area (Å²) in [7, 11) is 1.33. The van der Waals surface area contributed by atoms with Gasteiger partial charge in [0.15, 0.2) is 0 Å². The van der Waals surface area contributed by atoms with E-state index in [9.17, 15) is 51.5 Å². The molecule has 14 rings (SSSR count). The predicted molar refractivity (Wildman–Crippen MR) is 353 cm³/mol. The van der Waals surface area contributed by atoms with Crippen molar-refractivity contribution in [2.45, 2.75) is 115 Å². The van der Waals surface area contributed by atoms with Crippen molar-refractivity contribution in [1.29, 1.82) is 0 Å². The van der Waals surface area contributed by atoms with Crippen LogP contribution in [0.5, 0.6) is 34.5 Å². The molecule has 0 saturated heterocycles. The van der Waals surface area contributed by atoms with E-state index in [0.29, 0.717) is 39.9 Å². The van der Waals surface area contributed by atoms with Crippen LogP contribution in [0.3, 0.4) is 0 Å². The number of aromatic nitrogens is 4. The Balaban J connectivity index is 0.709. The Bertz CT molecular complexity index is 5350. The van der Waals surface area contributed by atoms with Gasteiger partial charge in [0, 0.05) is 12.5 Å². The number of hydrogen-bond acceptors (Lipinski definition) is 11. The number of alkyl halides is 3. The highest BCUT2D eigenvalue weighted by Crippen LogP contribution is 2.47. The van der Waals surface area contributed by atoms with Crippen LogP contribution >= 0.6 is 0 Å². The fourth-order valence-corrected chi connectivity index (χ4v) is 14.0. The first-order valence-corrected chi connectivity index (χ1v) is 31.2. The molecule has 0 amide bonds. The van der Waals surface area contributed by atoms with E-state index in [2.05, 4.69) is 32.0 Å². The molecule has 2 aliphatic carbocycles. The van der Waals surface area contributed by atoms with Gasteiger partial charge in [-0.15, -0.1) is 0 Å². The summed E-state index contributed by atoms with van der Waals surface area (Å²) in [5.74, 6) is 2.39. The molecule has 0 radical (unpaired) electrons. The van der Waals surface area contributed by atoms with Crippen LogP contribution in [0.4, 0.5) is 13.2 Å².